The van der Waals surface area contributed by atoms with Crippen LogP contribution in [0.15, 0.2) is 75.6 Å². The van der Waals surface area contributed by atoms with E-state index < -0.39 is 0 Å². The Labute approximate surface area is 236 Å². The third-order valence-electron chi connectivity index (χ3n) is 7.49. The Balaban J connectivity index is 1.30. The zero-order chi connectivity index (χ0) is 28.5. The molecule has 0 aromatic heterocycles. The first-order valence-corrected chi connectivity index (χ1v) is 14.0. The van der Waals surface area contributed by atoms with E-state index in [-0.39, 0.29) is 11.9 Å². The molecule has 40 heavy (non-hydrogen) atoms. The number of carbonyl (C=O) groups excluding carboxylic acids is 1. The van der Waals surface area contributed by atoms with Crippen LogP contribution in [-0.4, -0.2) is 80.0 Å². The Kier molecular flexibility index (Phi) is 10.1. The molecule has 0 radical (unpaired) electrons. The SMILES string of the molecule is CC(C)C(C=N)=CC(N)=NC1=CC=C2NC=C(C(C=[NH2+])=C[NH2+]CC3CCN(C(=O)N4CCOCC4)CC3)C=C2N1. The first-order chi connectivity index (χ1) is 19.4. The minimum absolute atomic E-state index is 0.148. The number of piperidine rings is 1. The summed E-state index contributed by atoms with van der Waals surface area (Å²) in [6, 6.07) is 0.148. The molecule has 0 saturated carbocycles. The number of hydrogen-bond acceptors (Lipinski definition) is 6. The minimum atomic E-state index is 0.148. The molecule has 214 valence electrons. The van der Waals surface area contributed by atoms with Crippen LogP contribution in [0.1, 0.15) is 26.7 Å². The molecule has 0 bridgehead atoms. The van der Waals surface area contributed by atoms with Crippen LogP contribution in [0.3, 0.4) is 0 Å². The summed E-state index contributed by atoms with van der Waals surface area (Å²) in [4.78, 5) is 21.1. The van der Waals surface area contributed by atoms with Crippen molar-refractivity contribution < 1.29 is 20.3 Å². The number of aliphatic imine (C=N–C) groups is 1. The number of carbonyl (C=O) groups is 1. The number of hydrogen-bond donors (Lipinski definition) is 6. The summed E-state index contributed by atoms with van der Waals surface area (Å²) in [5, 5.41) is 22.4. The molecule has 11 heteroatoms. The average molecular weight is 550 g/mol. The molecule has 0 spiro atoms. The summed E-state index contributed by atoms with van der Waals surface area (Å²) in [6.45, 7) is 9.20. The first-order valence-electron chi connectivity index (χ1n) is 14.0. The highest BCUT2D eigenvalue weighted by atomic mass is 16.5. The molecule has 0 unspecified atom stereocenters. The van der Waals surface area contributed by atoms with Crippen molar-refractivity contribution in [2.45, 2.75) is 26.7 Å². The number of nitrogens with two attached hydrogens (primary N) is 3. The number of ether oxygens (including phenoxy) is 1. The fourth-order valence-corrected chi connectivity index (χ4v) is 4.99. The number of amides is 2. The summed E-state index contributed by atoms with van der Waals surface area (Å²) in [7, 11) is 0. The van der Waals surface area contributed by atoms with Crippen LogP contribution in [0.5, 0.6) is 0 Å². The molecule has 2 amide bonds. The number of nitrogens with one attached hydrogen (secondary N) is 3. The maximum absolute atomic E-state index is 12.7. The molecule has 2 saturated heterocycles. The smallest absolute Gasteiger partial charge is 0.320 e. The molecule has 2 fully saturated rings. The molecule has 9 N–H and O–H groups in total. The van der Waals surface area contributed by atoms with Gasteiger partial charge in [-0.05, 0) is 48.6 Å². The topological polar surface area (TPSA) is 161 Å². The van der Waals surface area contributed by atoms with E-state index in [2.05, 4.69) is 27.1 Å². The van der Waals surface area contributed by atoms with Gasteiger partial charge in [0, 0.05) is 50.1 Å². The number of allylic oxidation sites excluding steroid dienone is 6. The van der Waals surface area contributed by atoms with E-state index in [1.807, 2.05) is 48.1 Å². The second-order valence-electron chi connectivity index (χ2n) is 10.6. The lowest BCUT2D eigenvalue weighted by molar-refractivity contribution is -0.595. The summed E-state index contributed by atoms with van der Waals surface area (Å²) in [6.07, 6.45) is 16.5. The van der Waals surface area contributed by atoms with Crippen molar-refractivity contribution in [1.29, 1.82) is 5.41 Å². The van der Waals surface area contributed by atoms with Crippen molar-refractivity contribution in [3.05, 3.63) is 70.6 Å². The first kappa shape index (κ1) is 29.0. The van der Waals surface area contributed by atoms with Gasteiger partial charge in [-0.25, -0.2) is 9.79 Å². The Morgan fingerprint density at radius 1 is 1.23 bits per heavy atom. The van der Waals surface area contributed by atoms with Gasteiger partial charge in [0.1, 0.15) is 17.9 Å². The van der Waals surface area contributed by atoms with Crippen molar-refractivity contribution in [1.82, 2.24) is 20.4 Å². The normalized spacial score (nSPS) is 20.9. The fraction of sp³-hybridized carbons (Fsp3) is 0.448. The van der Waals surface area contributed by atoms with Gasteiger partial charge in [-0.3, -0.25) is 5.41 Å². The number of dihydropyridines is 2. The van der Waals surface area contributed by atoms with Gasteiger partial charge in [0.2, 0.25) is 0 Å². The maximum atomic E-state index is 12.7. The van der Waals surface area contributed by atoms with Crippen LogP contribution < -0.4 is 27.1 Å². The zero-order valence-electron chi connectivity index (χ0n) is 23.5. The molecule has 4 aliphatic heterocycles. The number of urea groups is 1. The number of rotatable bonds is 9. The van der Waals surface area contributed by atoms with Crippen LogP contribution in [0.4, 0.5) is 4.79 Å². The van der Waals surface area contributed by atoms with Crippen LogP contribution in [0, 0.1) is 17.2 Å². The van der Waals surface area contributed by atoms with Gasteiger partial charge in [-0.2, -0.15) is 0 Å². The third-order valence-corrected chi connectivity index (χ3v) is 7.49. The average Bonchev–Trinajstić information content (AvgIpc) is 2.98. The number of fused-ring (bicyclic) bond motifs is 1. The predicted octanol–water partition coefficient (Wildman–Crippen LogP) is -0.284. The molecule has 0 aliphatic carbocycles. The van der Waals surface area contributed by atoms with E-state index in [1.54, 1.807) is 12.3 Å². The highest BCUT2D eigenvalue weighted by Gasteiger charge is 2.28. The van der Waals surface area contributed by atoms with Gasteiger partial charge in [0.15, 0.2) is 6.21 Å². The second kappa shape index (κ2) is 13.9. The van der Waals surface area contributed by atoms with E-state index in [4.69, 9.17) is 21.3 Å². The highest BCUT2D eigenvalue weighted by molar-refractivity contribution is 5.97. The van der Waals surface area contributed by atoms with Crippen molar-refractivity contribution >= 4 is 24.3 Å². The summed E-state index contributed by atoms with van der Waals surface area (Å²) in [5.74, 6) is 1.69. The van der Waals surface area contributed by atoms with E-state index in [0.717, 1.165) is 60.6 Å². The molecular weight excluding hydrogens is 506 g/mol. The minimum Gasteiger partial charge on any atom is -0.384 e. The summed E-state index contributed by atoms with van der Waals surface area (Å²) >= 11 is 0. The van der Waals surface area contributed by atoms with Crippen molar-refractivity contribution in [3.8, 4) is 0 Å². The summed E-state index contributed by atoms with van der Waals surface area (Å²) in [5.41, 5.74) is 10.6. The third kappa shape index (κ3) is 7.57. The number of nitrogens with zero attached hydrogens (tertiary/aromatic N) is 3. The molecule has 4 heterocycles. The number of quaternary nitrogens is 1. The van der Waals surface area contributed by atoms with Gasteiger partial charge in [0.05, 0.1) is 36.7 Å². The van der Waals surface area contributed by atoms with E-state index in [1.165, 1.54) is 6.21 Å². The molecule has 4 rings (SSSR count). The Morgan fingerprint density at radius 3 is 2.62 bits per heavy atom. The standard InChI is InChI=1S/C29H41N9O2/c1-20(2)22(15-30)14-27(32)36-28-4-3-25-26(35-28)13-23(19-34-25)24(16-31)18-33-17-21-5-7-37(8-6-21)29(39)38-9-11-40-12-10-38/h3-4,13-16,18-21,30-31,33-35H,5-12,17H2,1-2H3,(H2,32,36)/p+2. The number of morpholine rings is 1. The predicted molar refractivity (Wildman–Crippen MR) is 157 cm³/mol. The van der Waals surface area contributed by atoms with Crippen LogP contribution in [-0.2, 0) is 4.74 Å². The van der Waals surface area contributed by atoms with Crippen LogP contribution >= 0.6 is 0 Å². The van der Waals surface area contributed by atoms with Crippen molar-refractivity contribution in [2.75, 3.05) is 45.9 Å². The maximum Gasteiger partial charge on any atom is 0.320 e. The van der Waals surface area contributed by atoms with Gasteiger partial charge in [0.25, 0.3) is 0 Å². The largest absolute Gasteiger partial charge is 0.384 e. The van der Waals surface area contributed by atoms with Crippen LogP contribution in [0.25, 0.3) is 0 Å². The summed E-state index contributed by atoms with van der Waals surface area (Å²) < 4.78 is 5.37. The fourth-order valence-electron chi connectivity index (χ4n) is 4.99. The molecule has 0 aromatic rings. The molecule has 11 nitrogen and oxygen atoms in total. The second-order valence-corrected chi connectivity index (χ2v) is 10.6. The van der Waals surface area contributed by atoms with Crippen LogP contribution in [0.2, 0.25) is 0 Å². The number of likely N-dealkylation sites (tertiary alicyclic amines) is 1. The molecule has 0 atom stereocenters. The lowest BCUT2D eigenvalue weighted by atomic mass is 9.97. The zero-order valence-corrected chi connectivity index (χ0v) is 23.5. The van der Waals surface area contributed by atoms with Gasteiger partial charge >= 0.3 is 6.03 Å². The van der Waals surface area contributed by atoms with E-state index in [0.29, 0.717) is 43.9 Å². The lowest BCUT2D eigenvalue weighted by Gasteiger charge is -2.36. The lowest BCUT2D eigenvalue weighted by Crippen LogP contribution is -2.80. The Hall–Kier alpha value is -3.96. The number of amidine groups is 1. The van der Waals surface area contributed by atoms with E-state index in [9.17, 15) is 4.79 Å². The molecule has 0 aromatic carbocycles. The highest BCUT2D eigenvalue weighted by Crippen LogP contribution is 2.22. The monoisotopic (exact) mass is 549 g/mol. The molecule has 4 aliphatic rings. The van der Waals surface area contributed by atoms with Gasteiger partial charge in [-0.15, -0.1) is 0 Å². The van der Waals surface area contributed by atoms with E-state index >= 15 is 0 Å². The quantitative estimate of drug-likeness (QED) is 0.172. The van der Waals surface area contributed by atoms with Gasteiger partial charge in [-0.1, -0.05) is 13.8 Å². The Bertz CT molecular complexity index is 1190. The van der Waals surface area contributed by atoms with Crippen molar-refractivity contribution in [3.63, 3.8) is 0 Å². The Morgan fingerprint density at radius 2 is 1.95 bits per heavy atom. The molecular formula is C29H43N9O2+2. The van der Waals surface area contributed by atoms with Crippen molar-refractivity contribution in [2.24, 2.45) is 22.6 Å². The van der Waals surface area contributed by atoms with Gasteiger partial charge < -0.3 is 41.6 Å².